The fourth-order valence-electron chi connectivity index (χ4n) is 2.13. The molecule has 0 saturated heterocycles. The third-order valence-corrected chi connectivity index (χ3v) is 3.10. The molecular formula is C13H11N3O3. The molecule has 0 aliphatic rings. The van der Waals surface area contributed by atoms with Gasteiger partial charge < -0.3 is 14.8 Å². The summed E-state index contributed by atoms with van der Waals surface area (Å²) in [5.74, 6) is -0.858. The standard InChI is InChI=1S/C13H11N3O3/c1-16-11-5-8(17)3-2-7(11)4-12(16)9-6-10(13(18)19)15-14-9/h2-6,17H,1H3,(H,14,15)(H,18,19). The van der Waals surface area contributed by atoms with Crippen molar-refractivity contribution in [2.45, 2.75) is 0 Å². The lowest BCUT2D eigenvalue weighted by Crippen LogP contribution is -1.95. The van der Waals surface area contributed by atoms with Crippen LogP contribution >= 0.6 is 0 Å². The van der Waals surface area contributed by atoms with E-state index in [0.29, 0.717) is 5.69 Å². The molecule has 6 heteroatoms. The molecule has 0 aliphatic carbocycles. The maximum Gasteiger partial charge on any atom is 0.353 e. The van der Waals surface area contributed by atoms with Gasteiger partial charge in [0.2, 0.25) is 0 Å². The van der Waals surface area contributed by atoms with E-state index < -0.39 is 5.97 Å². The first-order valence-corrected chi connectivity index (χ1v) is 5.64. The highest BCUT2D eigenvalue weighted by molar-refractivity contribution is 5.90. The second-order valence-electron chi connectivity index (χ2n) is 4.30. The molecule has 0 amide bonds. The fourth-order valence-corrected chi connectivity index (χ4v) is 2.13. The predicted molar refractivity (Wildman–Crippen MR) is 69.1 cm³/mol. The molecule has 2 aromatic heterocycles. The Labute approximate surface area is 107 Å². The highest BCUT2D eigenvalue weighted by Gasteiger charge is 2.13. The third kappa shape index (κ3) is 1.74. The number of phenols is 1. The average Bonchev–Trinajstić information content (AvgIpc) is 2.95. The number of aromatic nitrogens is 3. The predicted octanol–water partition coefficient (Wildman–Crippen LogP) is 1.97. The van der Waals surface area contributed by atoms with Crippen LogP contribution in [-0.2, 0) is 7.05 Å². The molecule has 0 bridgehead atoms. The van der Waals surface area contributed by atoms with Crippen LogP contribution in [0.3, 0.4) is 0 Å². The number of phenolic OH excluding ortho intramolecular Hbond substituents is 1. The highest BCUT2D eigenvalue weighted by atomic mass is 16.4. The van der Waals surface area contributed by atoms with Crippen LogP contribution < -0.4 is 0 Å². The number of hydrogen-bond acceptors (Lipinski definition) is 3. The van der Waals surface area contributed by atoms with E-state index in [2.05, 4.69) is 10.2 Å². The lowest BCUT2D eigenvalue weighted by atomic mass is 10.2. The van der Waals surface area contributed by atoms with E-state index in [9.17, 15) is 9.90 Å². The van der Waals surface area contributed by atoms with Gasteiger partial charge in [-0.25, -0.2) is 4.79 Å². The summed E-state index contributed by atoms with van der Waals surface area (Å²) in [6.45, 7) is 0. The summed E-state index contributed by atoms with van der Waals surface area (Å²) in [5, 5.41) is 25.8. The van der Waals surface area contributed by atoms with Crippen LogP contribution in [0.4, 0.5) is 0 Å². The van der Waals surface area contributed by atoms with E-state index in [1.54, 1.807) is 18.2 Å². The third-order valence-electron chi connectivity index (χ3n) is 3.10. The van der Waals surface area contributed by atoms with Gasteiger partial charge in [0.1, 0.15) is 17.1 Å². The molecule has 19 heavy (non-hydrogen) atoms. The number of aromatic carboxylic acids is 1. The van der Waals surface area contributed by atoms with Gasteiger partial charge in [-0.3, -0.25) is 5.10 Å². The summed E-state index contributed by atoms with van der Waals surface area (Å²) in [7, 11) is 1.84. The Morgan fingerprint density at radius 1 is 1.32 bits per heavy atom. The summed E-state index contributed by atoms with van der Waals surface area (Å²) < 4.78 is 1.86. The maximum absolute atomic E-state index is 10.8. The Morgan fingerprint density at radius 2 is 2.11 bits per heavy atom. The highest BCUT2D eigenvalue weighted by Crippen LogP contribution is 2.28. The first-order chi connectivity index (χ1) is 9.06. The van der Waals surface area contributed by atoms with Gasteiger partial charge in [-0.15, -0.1) is 0 Å². The van der Waals surface area contributed by atoms with E-state index in [1.807, 2.05) is 17.7 Å². The molecule has 3 rings (SSSR count). The minimum atomic E-state index is -1.05. The number of hydrogen-bond donors (Lipinski definition) is 3. The number of benzene rings is 1. The number of aryl methyl sites for hydroxylation is 1. The van der Waals surface area contributed by atoms with Crippen LogP contribution in [0.5, 0.6) is 5.75 Å². The van der Waals surface area contributed by atoms with E-state index in [4.69, 9.17) is 5.11 Å². The molecule has 2 heterocycles. The molecule has 3 N–H and O–H groups in total. The van der Waals surface area contributed by atoms with E-state index in [-0.39, 0.29) is 11.4 Å². The average molecular weight is 257 g/mol. The van der Waals surface area contributed by atoms with Crippen molar-refractivity contribution >= 4 is 16.9 Å². The van der Waals surface area contributed by atoms with Gasteiger partial charge in [-0.2, -0.15) is 5.10 Å². The van der Waals surface area contributed by atoms with Gasteiger partial charge in [0, 0.05) is 24.6 Å². The number of nitrogens with one attached hydrogen (secondary N) is 1. The topological polar surface area (TPSA) is 91.1 Å². The number of nitrogens with zero attached hydrogens (tertiary/aromatic N) is 2. The van der Waals surface area contributed by atoms with Gasteiger partial charge >= 0.3 is 5.97 Å². The number of H-pyrrole nitrogens is 1. The van der Waals surface area contributed by atoms with Crippen LogP contribution in [0.1, 0.15) is 10.5 Å². The van der Waals surface area contributed by atoms with Gasteiger partial charge in [0.05, 0.1) is 11.2 Å². The Kier molecular flexibility index (Phi) is 2.31. The molecule has 0 spiro atoms. The summed E-state index contributed by atoms with van der Waals surface area (Å²) in [5.41, 5.74) is 2.23. The summed E-state index contributed by atoms with van der Waals surface area (Å²) in [4.78, 5) is 10.8. The van der Waals surface area contributed by atoms with E-state index in [1.165, 1.54) is 6.07 Å². The molecule has 0 radical (unpaired) electrons. The van der Waals surface area contributed by atoms with Crippen LogP contribution in [-0.4, -0.2) is 30.9 Å². The monoisotopic (exact) mass is 257 g/mol. The minimum absolute atomic E-state index is 0.0445. The van der Waals surface area contributed by atoms with Crippen LogP contribution in [0.15, 0.2) is 30.3 Å². The lowest BCUT2D eigenvalue weighted by molar-refractivity contribution is 0.0690. The zero-order valence-corrected chi connectivity index (χ0v) is 10.1. The molecule has 96 valence electrons. The van der Waals surface area contributed by atoms with Crippen LogP contribution in [0, 0.1) is 0 Å². The molecule has 0 fully saturated rings. The van der Waals surface area contributed by atoms with Crippen molar-refractivity contribution in [1.29, 1.82) is 0 Å². The maximum atomic E-state index is 10.8. The molecule has 3 aromatic rings. The molecule has 0 saturated carbocycles. The molecular weight excluding hydrogens is 246 g/mol. The second kappa shape index (κ2) is 3.88. The first-order valence-electron chi connectivity index (χ1n) is 5.64. The Balaban J connectivity index is 2.19. The Bertz CT molecular complexity index is 786. The van der Waals surface area contributed by atoms with Crippen molar-refractivity contribution in [2.75, 3.05) is 0 Å². The molecule has 6 nitrogen and oxygen atoms in total. The zero-order chi connectivity index (χ0) is 13.6. The summed E-state index contributed by atoms with van der Waals surface area (Å²) in [6, 6.07) is 8.45. The molecule has 0 atom stereocenters. The molecule has 0 unspecified atom stereocenters. The number of carboxylic acids is 1. The summed E-state index contributed by atoms with van der Waals surface area (Å²) >= 11 is 0. The van der Waals surface area contributed by atoms with Gasteiger partial charge in [-0.05, 0) is 18.2 Å². The van der Waals surface area contributed by atoms with Crippen molar-refractivity contribution in [3.05, 3.63) is 36.0 Å². The number of fused-ring (bicyclic) bond motifs is 1. The first kappa shape index (κ1) is 11.3. The van der Waals surface area contributed by atoms with Crippen molar-refractivity contribution in [3.8, 4) is 17.1 Å². The van der Waals surface area contributed by atoms with Crippen LogP contribution in [0.25, 0.3) is 22.3 Å². The van der Waals surface area contributed by atoms with Gasteiger partial charge in [0.15, 0.2) is 0 Å². The quantitative estimate of drug-likeness (QED) is 0.654. The number of carboxylic acid groups (broad SMARTS) is 1. The summed E-state index contributed by atoms with van der Waals surface area (Å²) in [6.07, 6.45) is 0. The second-order valence-corrected chi connectivity index (χ2v) is 4.30. The van der Waals surface area contributed by atoms with Gasteiger partial charge in [-0.1, -0.05) is 0 Å². The zero-order valence-electron chi connectivity index (χ0n) is 10.1. The number of carbonyl (C=O) groups is 1. The molecule has 0 aliphatic heterocycles. The number of aromatic hydroxyl groups is 1. The van der Waals surface area contributed by atoms with Crippen molar-refractivity contribution in [3.63, 3.8) is 0 Å². The lowest BCUT2D eigenvalue weighted by Gasteiger charge is -2.00. The van der Waals surface area contributed by atoms with Crippen molar-refractivity contribution < 1.29 is 15.0 Å². The SMILES string of the molecule is Cn1c(-c2cc(C(=O)O)[nH]n2)cc2ccc(O)cc21. The van der Waals surface area contributed by atoms with E-state index >= 15 is 0 Å². The van der Waals surface area contributed by atoms with Gasteiger partial charge in [0.25, 0.3) is 0 Å². The normalized spacial score (nSPS) is 11.0. The fraction of sp³-hybridized carbons (Fsp3) is 0.0769. The van der Waals surface area contributed by atoms with Crippen molar-refractivity contribution in [1.82, 2.24) is 14.8 Å². The Hall–Kier alpha value is -2.76. The smallest absolute Gasteiger partial charge is 0.353 e. The van der Waals surface area contributed by atoms with Crippen molar-refractivity contribution in [2.24, 2.45) is 7.05 Å². The Morgan fingerprint density at radius 3 is 2.79 bits per heavy atom. The molecule has 1 aromatic carbocycles. The number of aromatic amines is 1. The number of rotatable bonds is 2. The van der Waals surface area contributed by atoms with Crippen LogP contribution in [0.2, 0.25) is 0 Å². The van der Waals surface area contributed by atoms with E-state index in [0.717, 1.165) is 16.6 Å². The minimum Gasteiger partial charge on any atom is -0.508 e. The largest absolute Gasteiger partial charge is 0.508 e.